The third kappa shape index (κ3) is 1.88. The van der Waals surface area contributed by atoms with Gasteiger partial charge in [0.05, 0.1) is 13.3 Å². The zero-order chi connectivity index (χ0) is 8.10. The zero-order valence-corrected chi connectivity index (χ0v) is 6.32. The summed E-state index contributed by atoms with van der Waals surface area (Å²) in [5.74, 6) is 0.675. The molecule has 0 aromatic carbocycles. The molecule has 1 aromatic heterocycles. The van der Waals surface area contributed by atoms with Gasteiger partial charge < -0.3 is 9.84 Å². The Morgan fingerprint density at radius 2 is 2.45 bits per heavy atom. The van der Waals surface area contributed by atoms with Crippen LogP contribution in [0.5, 0.6) is 5.75 Å². The Kier molecular flexibility index (Phi) is 2.80. The highest BCUT2D eigenvalue weighted by Crippen LogP contribution is 2.12. The normalized spacial score (nSPS) is 9.64. The van der Waals surface area contributed by atoms with Crippen LogP contribution >= 0.6 is 0 Å². The fourth-order valence-corrected chi connectivity index (χ4v) is 0.814. The van der Waals surface area contributed by atoms with Crippen molar-refractivity contribution < 1.29 is 9.84 Å². The van der Waals surface area contributed by atoms with Crippen LogP contribution in [0.15, 0.2) is 12.3 Å². The summed E-state index contributed by atoms with van der Waals surface area (Å²) in [7, 11) is 1.57. The third-order valence-electron chi connectivity index (χ3n) is 1.32. The van der Waals surface area contributed by atoms with Crippen LogP contribution in [0.2, 0.25) is 0 Å². The number of rotatable bonds is 3. The Hall–Kier alpha value is -1.16. The molecular weight excluding hydrogens is 144 g/mol. The van der Waals surface area contributed by atoms with Crippen molar-refractivity contribution in [2.45, 2.75) is 6.42 Å². The molecule has 0 aliphatic rings. The highest BCUT2D eigenvalue weighted by molar-refractivity contribution is 5.24. The van der Waals surface area contributed by atoms with Crippen LogP contribution in [-0.2, 0) is 6.42 Å². The van der Waals surface area contributed by atoms with Crippen LogP contribution in [0.3, 0.4) is 0 Å². The fourth-order valence-electron chi connectivity index (χ4n) is 0.814. The summed E-state index contributed by atoms with van der Waals surface area (Å²) in [6.45, 7) is 0.0645. The number of methoxy groups -OCH3 is 1. The van der Waals surface area contributed by atoms with E-state index in [0.29, 0.717) is 17.9 Å². The minimum atomic E-state index is 0.0645. The summed E-state index contributed by atoms with van der Waals surface area (Å²) in [4.78, 5) is 0. The van der Waals surface area contributed by atoms with Gasteiger partial charge in [0, 0.05) is 19.1 Å². The molecule has 0 aliphatic carbocycles. The summed E-state index contributed by atoms with van der Waals surface area (Å²) in [5.41, 5.74) is 0.692. The quantitative estimate of drug-likeness (QED) is 0.666. The van der Waals surface area contributed by atoms with E-state index in [0.717, 1.165) is 0 Å². The smallest absolute Gasteiger partial charge is 0.143 e. The number of aliphatic hydroxyl groups excluding tert-OH is 1. The van der Waals surface area contributed by atoms with E-state index >= 15 is 0 Å². The van der Waals surface area contributed by atoms with E-state index in [1.165, 1.54) is 0 Å². The predicted molar refractivity (Wildman–Crippen MR) is 39.4 cm³/mol. The number of hydrogen-bond acceptors (Lipinski definition) is 4. The van der Waals surface area contributed by atoms with Gasteiger partial charge in [-0.3, -0.25) is 0 Å². The molecule has 1 N–H and O–H groups in total. The van der Waals surface area contributed by atoms with Crippen molar-refractivity contribution in [2.75, 3.05) is 13.7 Å². The fraction of sp³-hybridized carbons (Fsp3) is 0.429. The highest BCUT2D eigenvalue weighted by Gasteiger charge is 2.01. The maximum atomic E-state index is 8.62. The number of ether oxygens (including phenoxy) is 1. The lowest BCUT2D eigenvalue weighted by atomic mass is 10.3. The zero-order valence-electron chi connectivity index (χ0n) is 6.32. The molecule has 0 radical (unpaired) electrons. The van der Waals surface area contributed by atoms with E-state index in [-0.39, 0.29) is 6.61 Å². The molecule has 1 rings (SSSR count). The maximum Gasteiger partial charge on any atom is 0.143 e. The van der Waals surface area contributed by atoms with Gasteiger partial charge in [-0.05, 0) is 0 Å². The van der Waals surface area contributed by atoms with E-state index in [2.05, 4.69) is 10.2 Å². The van der Waals surface area contributed by atoms with Crippen molar-refractivity contribution in [1.29, 1.82) is 0 Å². The van der Waals surface area contributed by atoms with Gasteiger partial charge >= 0.3 is 0 Å². The molecule has 60 valence electrons. The van der Waals surface area contributed by atoms with Crippen molar-refractivity contribution in [3.05, 3.63) is 18.0 Å². The van der Waals surface area contributed by atoms with Crippen molar-refractivity contribution in [3.63, 3.8) is 0 Å². The summed E-state index contributed by atoms with van der Waals surface area (Å²) in [5, 5.41) is 16.1. The number of aromatic nitrogens is 2. The molecule has 0 unspecified atom stereocenters. The van der Waals surface area contributed by atoms with Crippen LogP contribution in [-0.4, -0.2) is 29.0 Å². The van der Waals surface area contributed by atoms with E-state index in [1.54, 1.807) is 19.4 Å². The lowest BCUT2D eigenvalue weighted by Crippen LogP contribution is -1.99. The van der Waals surface area contributed by atoms with Gasteiger partial charge in [-0.25, -0.2) is 0 Å². The average Bonchev–Trinajstić information content (AvgIpc) is 2.06. The second kappa shape index (κ2) is 3.88. The molecule has 0 fully saturated rings. The topological polar surface area (TPSA) is 55.2 Å². The Morgan fingerprint density at radius 1 is 1.64 bits per heavy atom. The average molecular weight is 154 g/mol. The first-order chi connectivity index (χ1) is 5.38. The summed E-state index contributed by atoms with van der Waals surface area (Å²) >= 11 is 0. The van der Waals surface area contributed by atoms with Gasteiger partial charge in [0.1, 0.15) is 11.4 Å². The molecule has 0 aliphatic heterocycles. The Morgan fingerprint density at radius 3 is 3.09 bits per heavy atom. The first kappa shape index (κ1) is 7.94. The number of hydrogen-bond donors (Lipinski definition) is 1. The summed E-state index contributed by atoms with van der Waals surface area (Å²) in [6.07, 6.45) is 2.04. The molecular formula is C7H10N2O2. The molecule has 0 spiro atoms. The van der Waals surface area contributed by atoms with Crippen molar-refractivity contribution >= 4 is 0 Å². The first-order valence-electron chi connectivity index (χ1n) is 3.34. The third-order valence-corrected chi connectivity index (χ3v) is 1.32. The van der Waals surface area contributed by atoms with Gasteiger partial charge in [0.25, 0.3) is 0 Å². The maximum absolute atomic E-state index is 8.62. The Balaban J connectivity index is 2.83. The molecule has 1 aromatic rings. The highest BCUT2D eigenvalue weighted by atomic mass is 16.5. The van der Waals surface area contributed by atoms with Crippen LogP contribution < -0.4 is 4.74 Å². The van der Waals surface area contributed by atoms with Crippen molar-refractivity contribution in [3.8, 4) is 5.75 Å². The Labute approximate surface area is 64.8 Å². The molecule has 0 atom stereocenters. The second-order valence-corrected chi connectivity index (χ2v) is 2.02. The predicted octanol–water partition coefficient (Wildman–Crippen LogP) is 0.0200. The van der Waals surface area contributed by atoms with Gasteiger partial charge in [-0.1, -0.05) is 0 Å². The lowest BCUT2D eigenvalue weighted by Gasteiger charge is -2.02. The minimum absolute atomic E-state index is 0.0645. The molecule has 11 heavy (non-hydrogen) atoms. The van der Waals surface area contributed by atoms with E-state index in [1.807, 2.05) is 0 Å². The monoisotopic (exact) mass is 154 g/mol. The molecule has 0 saturated carbocycles. The van der Waals surface area contributed by atoms with Gasteiger partial charge in [-0.2, -0.15) is 10.2 Å². The van der Waals surface area contributed by atoms with E-state index < -0.39 is 0 Å². The molecule has 4 heteroatoms. The second-order valence-electron chi connectivity index (χ2n) is 2.02. The van der Waals surface area contributed by atoms with Crippen LogP contribution in [0.25, 0.3) is 0 Å². The van der Waals surface area contributed by atoms with E-state index in [9.17, 15) is 0 Å². The standard InChI is InChI=1S/C7H10N2O2/c1-11-7-2-4-8-9-6(7)3-5-10/h2,4,10H,3,5H2,1H3. The lowest BCUT2D eigenvalue weighted by molar-refractivity contribution is 0.294. The van der Waals surface area contributed by atoms with E-state index in [4.69, 9.17) is 9.84 Å². The van der Waals surface area contributed by atoms with Crippen molar-refractivity contribution in [2.24, 2.45) is 0 Å². The molecule has 1 heterocycles. The van der Waals surface area contributed by atoms with Gasteiger partial charge in [-0.15, -0.1) is 0 Å². The number of nitrogens with zero attached hydrogens (tertiary/aromatic N) is 2. The molecule has 0 amide bonds. The van der Waals surface area contributed by atoms with Crippen molar-refractivity contribution in [1.82, 2.24) is 10.2 Å². The Bertz CT molecular complexity index is 227. The first-order valence-corrected chi connectivity index (χ1v) is 3.34. The largest absolute Gasteiger partial charge is 0.495 e. The van der Waals surface area contributed by atoms with Gasteiger partial charge in [0.15, 0.2) is 0 Å². The summed E-state index contributed by atoms with van der Waals surface area (Å²) < 4.78 is 4.98. The van der Waals surface area contributed by atoms with Crippen LogP contribution in [0.1, 0.15) is 5.69 Å². The van der Waals surface area contributed by atoms with Gasteiger partial charge in [0.2, 0.25) is 0 Å². The summed E-state index contributed by atoms with van der Waals surface area (Å²) in [6, 6.07) is 1.72. The molecule has 0 bridgehead atoms. The molecule has 4 nitrogen and oxygen atoms in total. The SMILES string of the molecule is COc1ccnnc1CCO. The molecule has 0 saturated heterocycles. The van der Waals surface area contributed by atoms with Crippen LogP contribution in [0.4, 0.5) is 0 Å². The van der Waals surface area contributed by atoms with Crippen LogP contribution in [0, 0.1) is 0 Å². The number of aliphatic hydroxyl groups is 1. The minimum Gasteiger partial charge on any atom is -0.495 e.